The highest BCUT2D eigenvalue weighted by atomic mass is 15.2. The Bertz CT molecular complexity index is 2750. The van der Waals surface area contributed by atoms with Crippen LogP contribution in [0.25, 0.3) is 22.3 Å². The minimum absolute atomic E-state index is 0.254. The lowest BCUT2D eigenvalue weighted by Gasteiger charge is -2.35. The van der Waals surface area contributed by atoms with Crippen molar-refractivity contribution >= 4 is 51.2 Å². The van der Waals surface area contributed by atoms with E-state index in [4.69, 9.17) is 0 Å². The average molecular weight is 786 g/mol. The minimum Gasteiger partial charge on any atom is -0.310 e. The maximum atomic E-state index is 2.49. The van der Waals surface area contributed by atoms with Gasteiger partial charge in [-0.05, 0) is 131 Å². The van der Waals surface area contributed by atoms with E-state index in [9.17, 15) is 0 Å². The summed E-state index contributed by atoms with van der Waals surface area (Å²) in [6.07, 6.45) is 0. The summed E-state index contributed by atoms with van der Waals surface area (Å²) in [7, 11) is 0. The molecule has 0 saturated heterocycles. The second-order valence-electron chi connectivity index (χ2n) is 16.3. The van der Waals surface area contributed by atoms with Crippen molar-refractivity contribution in [3.63, 3.8) is 0 Å². The van der Waals surface area contributed by atoms with Crippen molar-refractivity contribution in [1.82, 2.24) is 0 Å². The van der Waals surface area contributed by atoms with Crippen LogP contribution in [0.3, 0.4) is 0 Å². The second kappa shape index (κ2) is 15.9. The molecule has 0 N–H and O–H groups in total. The minimum atomic E-state index is -0.254. The van der Waals surface area contributed by atoms with Crippen LogP contribution in [0.5, 0.6) is 0 Å². The molecule has 1 aliphatic carbocycles. The van der Waals surface area contributed by atoms with Crippen LogP contribution in [0.15, 0.2) is 231 Å². The van der Waals surface area contributed by atoms with Gasteiger partial charge < -0.3 is 14.7 Å². The molecule has 9 aromatic rings. The van der Waals surface area contributed by atoms with Crippen LogP contribution < -0.4 is 14.7 Å². The summed E-state index contributed by atoms with van der Waals surface area (Å²) < 4.78 is 0. The zero-order chi connectivity index (χ0) is 41.3. The Morgan fingerprint density at radius 3 is 1.20 bits per heavy atom. The maximum Gasteiger partial charge on any atom is 0.0508 e. The number of benzene rings is 9. The molecular weight excluding hydrogens is 739 g/mol. The predicted octanol–water partition coefficient (Wildman–Crippen LogP) is 16.4. The van der Waals surface area contributed by atoms with Crippen LogP contribution in [0.1, 0.15) is 30.5 Å². The molecule has 0 bridgehead atoms. The number of aryl methyl sites for hydroxylation is 1. The van der Waals surface area contributed by atoms with E-state index in [0.717, 1.165) is 51.2 Å². The van der Waals surface area contributed by atoms with Crippen LogP contribution in [-0.4, -0.2) is 0 Å². The van der Waals surface area contributed by atoms with Gasteiger partial charge in [0, 0.05) is 33.9 Å². The molecular formula is C58H47N3. The Morgan fingerprint density at radius 2 is 0.721 bits per heavy atom. The lowest BCUT2D eigenvalue weighted by Crippen LogP contribution is -2.21. The molecule has 0 fully saturated rings. The van der Waals surface area contributed by atoms with Gasteiger partial charge in [-0.2, -0.15) is 0 Å². The first-order valence-electron chi connectivity index (χ1n) is 21.1. The third-order valence-electron chi connectivity index (χ3n) is 12.1. The summed E-state index contributed by atoms with van der Waals surface area (Å²) >= 11 is 0. The van der Waals surface area contributed by atoms with Gasteiger partial charge >= 0.3 is 0 Å². The van der Waals surface area contributed by atoms with E-state index in [1.165, 1.54) is 38.9 Å². The Labute approximate surface area is 360 Å². The zero-order valence-corrected chi connectivity index (χ0v) is 34.8. The van der Waals surface area contributed by atoms with Crippen molar-refractivity contribution in [2.75, 3.05) is 14.7 Å². The summed E-state index contributed by atoms with van der Waals surface area (Å²) in [6, 6.07) is 83.2. The van der Waals surface area contributed by atoms with E-state index in [0.29, 0.717) is 0 Å². The summed E-state index contributed by atoms with van der Waals surface area (Å²) in [4.78, 5) is 7.23. The third kappa shape index (κ3) is 6.94. The van der Waals surface area contributed by atoms with Gasteiger partial charge in [-0.3, -0.25) is 0 Å². The first-order valence-corrected chi connectivity index (χ1v) is 21.1. The number of rotatable bonds is 10. The summed E-state index contributed by atoms with van der Waals surface area (Å²) in [5.41, 5.74) is 18.4. The Morgan fingerprint density at radius 1 is 0.328 bits per heavy atom. The summed E-state index contributed by atoms with van der Waals surface area (Å²) in [5, 5.41) is 0. The SMILES string of the molecule is Cc1cccc2c1-c1cccc(N(c3ccc(-c4ccccc4)cc3)c3cc(N(c4ccccc4)c4ccccc4)cc(N(c4ccccc4)c4ccccc4)c3)c1C2(C)C. The van der Waals surface area contributed by atoms with Gasteiger partial charge in [-0.25, -0.2) is 0 Å². The number of fused-ring (bicyclic) bond motifs is 3. The fourth-order valence-electron chi connectivity index (χ4n) is 9.30. The van der Waals surface area contributed by atoms with Crippen molar-refractivity contribution in [2.24, 2.45) is 0 Å². The van der Waals surface area contributed by atoms with E-state index >= 15 is 0 Å². The first-order chi connectivity index (χ1) is 30.0. The molecule has 3 nitrogen and oxygen atoms in total. The number of para-hydroxylation sites is 4. The Balaban J connectivity index is 1.28. The highest BCUT2D eigenvalue weighted by Gasteiger charge is 2.39. The topological polar surface area (TPSA) is 9.72 Å². The molecule has 0 amide bonds. The van der Waals surface area contributed by atoms with Crippen molar-refractivity contribution in [3.05, 3.63) is 247 Å². The molecule has 0 spiro atoms. The molecule has 0 atom stereocenters. The van der Waals surface area contributed by atoms with Gasteiger partial charge in [-0.15, -0.1) is 0 Å². The predicted molar refractivity (Wildman–Crippen MR) is 258 cm³/mol. The second-order valence-corrected chi connectivity index (χ2v) is 16.3. The first kappa shape index (κ1) is 37.6. The number of anilines is 9. The van der Waals surface area contributed by atoms with Crippen molar-refractivity contribution in [3.8, 4) is 22.3 Å². The van der Waals surface area contributed by atoms with Crippen molar-refractivity contribution < 1.29 is 0 Å². The van der Waals surface area contributed by atoms with Gasteiger partial charge in [-0.1, -0.05) is 159 Å². The quantitative estimate of drug-likeness (QED) is 0.137. The monoisotopic (exact) mass is 785 g/mol. The van der Waals surface area contributed by atoms with E-state index < -0.39 is 0 Å². The fourth-order valence-corrected chi connectivity index (χ4v) is 9.30. The van der Waals surface area contributed by atoms with Crippen molar-refractivity contribution in [2.45, 2.75) is 26.2 Å². The zero-order valence-electron chi connectivity index (χ0n) is 34.8. The molecule has 3 heteroatoms. The highest BCUT2D eigenvalue weighted by molar-refractivity contribution is 5.94. The third-order valence-corrected chi connectivity index (χ3v) is 12.1. The summed E-state index contributed by atoms with van der Waals surface area (Å²) in [6.45, 7) is 7.02. The fraction of sp³-hybridized carbons (Fsp3) is 0.0690. The molecule has 0 aromatic heterocycles. The van der Waals surface area contributed by atoms with Crippen LogP contribution in [0.4, 0.5) is 51.2 Å². The number of hydrogen-bond donors (Lipinski definition) is 0. The van der Waals surface area contributed by atoms with Crippen LogP contribution in [-0.2, 0) is 5.41 Å². The van der Waals surface area contributed by atoms with E-state index in [1.807, 2.05) is 0 Å². The van der Waals surface area contributed by atoms with Crippen LogP contribution in [0.2, 0.25) is 0 Å². The normalized spacial score (nSPS) is 12.3. The molecule has 0 radical (unpaired) electrons. The van der Waals surface area contributed by atoms with Gasteiger partial charge in [0.15, 0.2) is 0 Å². The molecule has 1 aliphatic rings. The molecule has 61 heavy (non-hydrogen) atoms. The molecule has 294 valence electrons. The summed E-state index contributed by atoms with van der Waals surface area (Å²) in [5.74, 6) is 0. The van der Waals surface area contributed by atoms with Crippen molar-refractivity contribution in [1.29, 1.82) is 0 Å². The van der Waals surface area contributed by atoms with Gasteiger partial charge in [0.1, 0.15) is 0 Å². The average Bonchev–Trinajstić information content (AvgIpc) is 3.55. The molecule has 9 aromatic carbocycles. The van der Waals surface area contributed by atoms with Crippen LogP contribution >= 0.6 is 0 Å². The lowest BCUT2D eigenvalue weighted by molar-refractivity contribution is 0.660. The number of hydrogen-bond acceptors (Lipinski definition) is 3. The smallest absolute Gasteiger partial charge is 0.0508 e. The molecule has 10 rings (SSSR count). The largest absolute Gasteiger partial charge is 0.310 e. The molecule has 0 aliphatic heterocycles. The maximum absolute atomic E-state index is 2.49. The highest BCUT2D eigenvalue weighted by Crippen LogP contribution is 2.56. The standard InChI is InChI=1S/C58H47N3/c1-42-21-19-33-54-56(42)53-32-20-34-55(57(53)58(54,2)3)61(49-37-35-44(36-38-49)43-22-9-4-10-23-43)52-40-50(59(45-24-11-5-12-25-45)46-26-13-6-14-27-46)39-51(41-52)60(47-28-15-7-16-29-47)48-30-17-8-18-31-48/h4-41H,1-3H3. The molecule has 0 saturated carbocycles. The Kier molecular flexibility index (Phi) is 9.78. The Hall–Kier alpha value is -7.62. The molecule has 0 heterocycles. The number of nitrogens with zero attached hydrogens (tertiary/aromatic N) is 3. The molecule has 0 unspecified atom stereocenters. The van der Waals surface area contributed by atoms with E-state index in [-0.39, 0.29) is 5.41 Å². The lowest BCUT2D eigenvalue weighted by atomic mass is 9.81. The van der Waals surface area contributed by atoms with Gasteiger partial charge in [0.2, 0.25) is 0 Å². The van der Waals surface area contributed by atoms with E-state index in [1.54, 1.807) is 0 Å². The van der Waals surface area contributed by atoms with Crippen LogP contribution in [0, 0.1) is 6.92 Å². The van der Waals surface area contributed by atoms with Gasteiger partial charge in [0.05, 0.1) is 22.7 Å². The van der Waals surface area contributed by atoms with Gasteiger partial charge in [0.25, 0.3) is 0 Å². The van der Waals surface area contributed by atoms with E-state index in [2.05, 4.69) is 266 Å².